The predicted octanol–water partition coefficient (Wildman–Crippen LogP) is 4.67. The second-order valence-corrected chi connectivity index (χ2v) is 5.28. The first-order chi connectivity index (χ1) is 9.67. The molecule has 0 heterocycles. The van der Waals surface area contributed by atoms with Gasteiger partial charge in [0.1, 0.15) is 5.54 Å². The molecular weight excluding hydrogens is 268 g/mol. The topological polar surface area (TPSA) is 35.8 Å². The normalized spacial score (nSPS) is 13.2. The Morgan fingerprint density at radius 3 is 2.50 bits per heavy atom. The van der Waals surface area contributed by atoms with Crippen LogP contribution in [0.3, 0.4) is 0 Å². The summed E-state index contributed by atoms with van der Waals surface area (Å²) >= 11 is 6.00. The summed E-state index contributed by atoms with van der Waals surface area (Å²) in [7, 11) is 0. The van der Waals surface area contributed by atoms with E-state index in [0.717, 1.165) is 11.3 Å². The van der Waals surface area contributed by atoms with Gasteiger partial charge in [0.15, 0.2) is 0 Å². The van der Waals surface area contributed by atoms with Crippen molar-refractivity contribution in [1.82, 2.24) is 0 Å². The van der Waals surface area contributed by atoms with Crippen LogP contribution in [0.4, 0.5) is 5.69 Å². The molecular formula is C17H17ClN2. The van der Waals surface area contributed by atoms with Gasteiger partial charge in [-0.15, -0.1) is 0 Å². The number of nitrogens with one attached hydrogen (secondary N) is 1. The predicted molar refractivity (Wildman–Crippen MR) is 83.9 cm³/mol. The van der Waals surface area contributed by atoms with Crippen LogP contribution in [-0.4, -0.2) is 5.54 Å². The zero-order valence-corrected chi connectivity index (χ0v) is 12.2. The van der Waals surface area contributed by atoms with Gasteiger partial charge >= 0.3 is 0 Å². The zero-order chi connectivity index (χ0) is 14.4. The van der Waals surface area contributed by atoms with E-state index in [0.29, 0.717) is 17.9 Å². The Kier molecular flexibility index (Phi) is 4.65. The minimum absolute atomic E-state index is 0.619. The van der Waals surface area contributed by atoms with Crippen LogP contribution in [0.25, 0.3) is 0 Å². The number of halogens is 1. The molecule has 0 aliphatic rings. The van der Waals surface area contributed by atoms with Crippen molar-refractivity contribution in [3.63, 3.8) is 0 Å². The number of hydrogen-bond donors (Lipinski definition) is 1. The number of nitriles is 1. The molecule has 0 saturated heterocycles. The Balaban J connectivity index is 2.24. The highest BCUT2D eigenvalue weighted by Crippen LogP contribution is 2.24. The lowest BCUT2D eigenvalue weighted by Gasteiger charge is -2.28. The van der Waals surface area contributed by atoms with Crippen LogP contribution in [0.5, 0.6) is 0 Å². The third-order valence-corrected chi connectivity index (χ3v) is 3.61. The SMILES string of the molecule is CCC(C#N)(Cc1ccccc1)Nc1cccc(Cl)c1. The summed E-state index contributed by atoms with van der Waals surface area (Å²) in [5.74, 6) is 0. The maximum atomic E-state index is 9.62. The van der Waals surface area contributed by atoms with Crippen LogP contribution < -0.4 is 5.32 Å². The third kappa shape index (κ3) is 3.53. The van der Waals surface area contributed by atoms with E-state index in [9.17, 15) is 5.26 Å². The maximum absolute atomic E-state index is 9.62. The fraction of sp³-hybridized carbons (Fsp3) is 0.235. The summed E-state index contributed by atoms with van der Waals surface area (Å²) in [4.78, 5) is 0. The standard InChI is InChI=1S/C17H17ClN2/c1-2-17(13-19,12-14-7-4-3-5-8-14)20-16-10-6-9-15(18)11-16/h3-11,20H,2,12H2,1H3. The number of hydrogen-bond acceptors (Lipinski definition) is 2. The molecule has 0 radical (unpaired) electrons. The quantitative estimate of drug-likeness (QED) is 0.866. The molecule has 2 rings (SSSR count). The summed E-state index contributed by atoms with van der Waals surface area (Å²) in [6.07, 6.45) is 1.37. The molecule has 0 fully saturated rings. The molecule has 2 aromatic rings. The number of rotatable bonds is 5. The molecule has 0 aliphatic carbocycles. The van der Waals surface area contributed by atoms with Gasteiger partial charge in [0.2, 0.25) is 0 Å². The molecule has 3 heteroatoms. The number of nitrogens with zero attached hydrogens (tertiary/aromatic N) is 1. The fourth-order valence-electron chi connectivity index (χ4n) is 2.19. The smallest absolute Gasteiger partial charge is 0.129 e. The van der Waals surface area contributed by atoms with Crippen molar-refractivity contribution < 1.29 is 0 Å². The van der Waals surface area contributed by atoms with E-state index in [1.54, 1.807) is 0 Å². The summed E-state index contributed by atoms with van der Waals surface area (Å²) in [6, 6.07) is 20.0. The molecule has 1 unspecified atom stereocenters. The second-order valence-electron chi connectivity index (χ2n) is 4.85. The first-order valence-corrected chi connectivity index (χ1v) is 7.04. The van der Waals surface area contributed by atoms with Gasteiger partial charge in [-0.25, -0.2) is 0 Å². The Labute approximate surface area is 125 Å². The highest BCUT2D eigenvalue weighted by molar-refractivity contribution is 6.30. The van der Waals surface area contributed by atoms with E-state index in [1.807, 2.05) is 61.5 Å². The van der Waals surface area contributed by atoms with Crippen molar-refractivity contribution in [3.05, 3.63) is 65.2 Å². The van der Waals surface area contributed by atoms with Crippen LogP contribution >= 0.6 is 11.6 Å². The van der Waals surface area contributed by atoms with Crippen molar-refractivity contribution in [2.75, 3.05) is 5.32 Å². The second kappa shape index (κ2) is 6.45. The molecule has 0 aromatic heterocycles. The van der Waals surface area contributed by atoms with Gasteiger partial charge in [-0.1, -0.05) is 54.9 Å². The zero-order valence-electron chi connectivity index (χ0n) is 11.4. The van der Waals surface area contributed by atoms with Gasteiger partial charge < -0.3 is 5.32 Å². The molecule has 0 bridgehead atoms. The van der Waals surface area contributed by atoms with E-state index in [4.69, 9.17) is 11.6 Å². The van der Waals surface area contributed by atoms with E-state index >= 15 is 0 Å². The van der Waals surface area contributed by atoms with E-state index < -0.39 is 5.54 Å². The molecule has 2 aromatic carbocycles. The average molecular weight is 285 g/mol. The van der Waals surface area contributed by atoms with Crippen molar-refractivity contribution in [2.45, 2.75) is 25.3 Å². The lowest BCUT2D eigenvalue weighted by Crippen LogP contribution is -2.38. The molecule has 0 spiro atoms. The minimum Gasteiger partial charge on any atom is -0.367 e. The lowest BCUT2D eigenvalue weighted by molar-refractivity contribution is 0.564. The number of anilines is 1. The van der Waals surface area contributed by atoms with Gasteiger partial charge in [0.05, 0.1) is 6.07 Å². The van der Waals surface area contributed by atoms with Gasteiger partial charge in [-0.3, -0.25) is 0 Å². The summed E-state index contributed by atoms with van der Waals surface area (Å²) < 4.78 is 0. The molecule has 20 heavy (non-hydrogen) atoms. The summed E-state index contributed by atoms with van der Waals surface area (Å²) in [5.41, 5.74) is 1.40. The number of benzene rings is 2. The summed E-state index contributed by atoms with van der Waals surface area (Å²) in [6.45, 7) is 2.02. The Morgan fingerprint density at radius 1 is 1.15 bits per heavy atom. The lowest BCUT2D eigenvalue weighted by atomic mass is 9.89. The molecule has 0 saturated carbocycles. The van der Waals surface area contributed by atoms with E-state index in [1.165, 1.54) is 0 Å². The average Bonchev–Trinajstić information content (AvgIpc) is 2.47. The molecule has 0 amide bonds. The van der Waals surface area contributed by atoms with Gasteiger partial charge in [0.25, 0.3) is 0 Å². The van der Waals surface area contributed by atoms with Gasteiger partial charge in [-0.2, -0.15) is 5.26 Å². The Morgan fingerprint density at radius 2 is 1.90 bits per heavy atom. The maximum Gasteiger partial charge on any atom is 0.129 e. The molecule has 1 N–H and O–H groups in total. The first-order valence-electron chi connectivity index (χ1n) is 6.66. The van der Waals surface area contributed by atoms with E-state index in [2.05, 4.69) is 11.4 Å². The van der Waals surface area contributed by atoms with Gasteiger partial charge in [-0.05, 0) is 30.2 Å². The van der Waals surface area contributed by atoms with Crippen LogP contribution in [0.2, 0.25) is 5.02 Å². The Hall–Kier alpha value is -1.98. The summed E-state index contributed by atoms with van der Waals surface area (Å²) in [5, 5.41) is 13.6. The monoisotopic (exact) mass is 284 g/mol. The van der Waals surface area contributed by atoms with Crippen LogP contribution in [0.1, 0.15) is 18.9 Å². The van der Waals surface area contributed by atoms with E-state index in [-0.39, 0.29) is 0 Å². The molecule has 102 valence electrons. The fourth-order valence-corrected chi connectivity index (χ4v) is 2.38. The van der Waals surface area contributed by atoms with Crippen molar-refractivity contribution in [1.29, 1.82) is 5.26 Å². The van der Waals surface area contributed by atoms with Crippen molar-refractivity contribution >= 4 is 17.3 Å². The van der Waals surface area contributed by atoms with Crippen LogP contribution in [-0.2, 0) is 6.42 Å². The van der Waals surface area contributed by atoms with Crippen LogP contribution in [0.15, 0.2) is 54.6 Å². The molecule has 2 nitrogen and oxygen atoms in total. The highest BCUT2D eigenvalue weighted by Gasteiger charge is 2.28. The minimum atomic E-state index is -0.619. The largest absolute Gasteiger partial charge is 0.367 e. The Bertz CT molecular complexity index is 604. The highest BCUT2D eigenvalue weighted by atomic mass is 35.5. The van der Waals surface area contributed by atoms with Crippen molar-refractivity contribution in [2.24, 2.45) is 0 Å². The molecule has 1 atom stereocenters. The van der Waals surface area contributed by atoms with Crippen molar-refractivity contribution in [3.8, 4) is 6.07 Å². The van der Waals surface area contributed by atoms with Gasteiger partial charge in [0, 0.05) is 17.1 Å². The molecule has 0 aliphatic heterocycles. The van der Waals surface area contributed by atoms with Crippen LogP contribution in [0, 0.1) is 11.3 Å². The third-order valence-electron chi connectivity index (χ3n) is 3.37. The first kappa shape index (κ1) is 14.4.